The monoisotopic (exact) mass is 373 g/mol. The first-order valence-corrected chi connectivity index (χ1v) is 10.1. The molecule has 1 aliphatic heterocycles. The number of likely N-dealkylation sites (tertiary alicyclic amines) is 1. The number of rotatable bonds is 5. The average molecular weight is 373 g/mol. The van der Waals surface area contributed by atoms with Gasteiger partial charge in [0.1, 0.15) is 5.75 Å². The third kappa shape index (κ3) is 5.01. The average Bonchev–Trinajstić information content (AvgIpc) is 2.90. The highest BCUT2D eigenvalue weighted by Gasteiger charge is 2.26. The molecule has 3 N–H and O–H groups in total. The van der Waals surface area contributed by atoms with Gasteiger partial charge in [-0.05, 0) is 49.8 Å². The summed E-state index contributed by atoms with van der Waals surface area (Å²) in [6.45, 7) is 1.60. The molecule has 1 heterocycles. The smallest absolute Gasteiger partial charge is 0.253 e. The third-order valence-electron chi connectivity index (χ3n) is 5.78. The zero-order valence-corrected chi connectivity index (χ0v) is 16.2. The third-order valence-corrected chi connectivity index (χ3v) is 5.78. The van der Waals surface area contributed by atoms with Crippen LogP contribution < -0.4 is 15.8 Å². The number of nitrogens with zero attached hydrogens (tertiary/aromatic N) is 1. The summed E-state index contributed by atoms with van der Waals surface area (Å²) in [5, 5.41) is 2.93. The fourth-order valence-corrected chi connectivity index (χ4v) is 4.15. The van der Waals surface area contributed by atoms with Crippen LogP contribution in [0.15, 0.2) is 18.2 Å². The minimum absolute atomic E-state index is 0.0212. The summed E-state index contributed by atoms with van der Waals surface area (Å²) in [7, 11) is 1.56. The summed E-state index contributed by atoms with van der Waals surface area (Å²) in [6, 6.07) is 5.36. The van der Waals surface area contributed by atoms with Gasteiger partial charge in [0, 0.05) is 31.1 Å². The van der Waals surface area contributed by atoms with Crippen LogP contribution in [-0.4, -0.2) is 43.0 Å². The maximum absolute atomic E-state index is 12.9. The van der Waals surface area contributed by atoms with E-state index in [0.29, 0.717) is 23.4 Å². The van der Waals surface area contributed by atoms with Crippen molar-refractivity contribution in [1.82, 2.24) is 4.90 Å². The quantitative estimate of drug-likeness (QED) is 0.830. The molecule has 3 rings (SSSR count). The summed E-state index contributed by atoms with van der Waals surface area (Å²) in [6.07, 6.45) is 7.94. The Hall–Kier alpha value is -2.08. The van der Waals surface area contributed by atoms with Crippen molar-refractivity contribution in [2.75, 3.05) is 25.5 Å². The molecule has 2 amide bonds. The van der Waals surface area contributed by atoms with Gasteiger partial charge in [-0.25, -0.2) is 0 Å². The van der Waals surface area contributed by atoms with Crippen molar-refractivity contribution >= 4 is 17.5 Å². The van der Waals surface area contributed by atoms with Crippen molar-refractivity contribution in [3.8, 4) is 5.75 Å². The number of carbonyl (C=O) groups excluding carboxylic acids is 2. The first-order valence-electron chi connectivity index (χ1n) is 10.1. The highest BCUT2D eigenvalue weighted by Crippen LogP contribution is 2.30. The van der Waals surface area contributed by atoms with Crippen molar-refractivity contribution in [2.45, 2.75) is 57.4 Å². The highest BCUT2D eigenvalue weighted by atomic mass is 16.5. The van der Waals surface area contributed by atoms with Gasteiger partial charge in [-0.15, -0.1) is 0 Å². The Morgan fingerprint density at radius 2 is 1.89 bits per heavy atom. The maximum atomic E-state index is 12.9. The van der Waals surface area contributed by atoms with E-state index >= 15 is 0 Å². The molecule has 1 aromatic carbocycles. The Kier molecular flexibility index (Phi) is 6.72. The molecular formula is C21H31N3O3. The molecule has 6 heteroatoms. The Bertz CT molecular complexity index is 669. The molecule has 1 saturated heterocycles. The van der Waals surface area contributed by atoms with Crippen LogP contribution in [0.4, 0.5) is 5.69 Å². The summed E-state index contributed by atoms with van der Waals surface area (Å²) in [4.78, 5) is 27.3. The van der Waals surface area contributed by atoms with Gasteiger partial charge in [0.25, 0.3) is 5.91 Å². The second-order valence-electron chi connectivity index (χ2n) is 7.73. The summed E-state index contributed by atoms with van der Waals surface area (Å²) >= 11 is 0. The molecule has 148 valence electrons. The Morgan fingerprint density at radius 1 is 1.15 bits per heavy atom. The molecule has 2 fully saturated rings. The zero-order valence-electron chi connectivity index (χ0n) is 16.2. The second-order valence-corrected chi connectivity index (χ2v) is 7.73. The number of nitrogens with one attached hydrogen (secondary N) is 1. The molecule has 27 heavy (non-hydrogen) atoms. The van der Waals surface area contributed by atoms with E-state index in [4.69, 9.17) is 10.5 Å². The van der Waals surface area contributed by atoms with Gasteiger partial charge in [0.15, 0.2) is 0 Å². The van der Waals surface area contributed by atoms with Crippen LogP contribution in [0, 0.1) is 5.92 Å². The summed E-state index contributed by atoms with van der Waals surface area (Å²) in [5.74, 6) is 0.743. The summed E-state index contributed by atoms with van der Waals surface area (Å²) in [5.41, 5.74) is 7.22. The number of nitrogens with two attached hydrogens (primary N) is 1. The number of carbonyl (C=O) groups is 2. The second kappa shape index (κ2) is 9.22. The number of hydrogen-bond donors (Lipinski definition) is 2. The van der Waals surface area contributed by atoms with E-state index in [-0.39, 0.29) is 23.8 Å². The molecule has 0 spiro atoms. The molecule has 1 saturated carbocycles. The predicted octanol–water partition coefficient (Wildman–Crippen LogP) is 3.17. The number of amides is 2. The normalized spacial score (nSPS) is 23.0. The number of hydrogen-bond acceptors (Lipinski definition) is 4. The molecule has 6 nitrogen and oxygen atoms in total. The standard InChI is InChI=1S/C21H31N3O3/c1-27-19-10-9-16(21(26)24-11-4-2-3-5-12-24)13-18(19)23-20(25)14-15-7-6-8-17(15)22/h9-10,13,15,17H,2-8,11-12,14,22H2,1H3,(H,23,25)/t15-,17+/m0/s1. The van der Waals surface area contributed by atoms with Crippen molar-refractivity contribution in [1.29, 1.82) is 0 Å². The van der Waals surface area contributed by atoms with Gasteiger partial charge < -0.3 is 20.7 Å². The van der Waals surface area contributed by atoms with Crippen LogP contribution in [-0.2, 0) is 4.79 Å². The number of benzene rings is 1. The highest BCUT2D eigenvalue weighted by molar-refractivity contribution is 5.98. The van der Waals surface area contributed by atoms with Crippen LogP contribution in [0.3, 0.4) is 0 Å². The molecule has 0 aromatic heterocycles. The number of ether oxygens (including phenoxy) is 1. The maximum Gasteiger partial charge on any atom is 0.253 e. The van der Waals surface area contributed by atoms with Crippen LogP contribution >= 0.6 is 0 Å². The summed E-state index contributed by atoms with van der Waals surface area (Å²) < 4.78 is 5.37. The number of methoxy groups -OCH3 is 1. The van der Waals surface area contributed by atoms with E-state index in [9.17, 15) is 9.59 Å². The Morgan fingerprint density at radius 3 is 2.52 bits per heavy atom. The van der Waals surface area contributed by atoms with Crippen molar-refractivity contribution in [2.24, 2.45) is 11.7 Å². The van der Waals surface area contributed by atoms with Crippen LogP contribution in [0.2, 0.25) is 0 Å². The topological polar surface area (TPSA) is 84.7 Å². The lowest BCUT2D eigenvalue weighted by Crippen LogP contribution is -2.32. The Labute approximate surface area is 161 Å². The van der Waals surface area contributed by atoms with Gasteiger partial charge in [0.2, 0.25) is 5.91 Å². The van der Waals surface area contributed by atoms with Gasteiger partial charge in [-0.2, -0.15) is 0 Å². The predicted molar refractivity (Wildman–Crippen MR) is 106 cm³/mol. The van der Waals surface area contributed by atoms with Crippen molar-refractivity contribution < 1.29 is 14.3 Å². The van der Waals surface area contributed by atoms with E-state index < -0.39 is 0 Å². The molecule has 1 aromatic rings. The molecule has 2 aliphatic rings. The minimum Gasteiger partial charge on any atom is -0.495 e. The van der Waals surface area contributed by atoms with E-state index in [1.807, 2.05) is 4.90 Å². The first kappa shape index (κ1) is 19.7. The molecular weight excluding hydrogens is 342 g/mol. The Balaban J connectivity index is 1.70. The fraction of sp³-hybridized carbons (Fsp3) is 0.619. The SMILES string of the molecule is COc1ccc(C(=O)N2CCCCCC2)cc1NC(=O)C[C@@H]1CCC[C@H]1N. The van der Waals surface area contributed by atoms with E-state index in [1.165, 1.54) is 12.8 Å². The van der Waals surface area contributed by atoms with Gasteiger partial charge in [-0.3, -0.25) is 9.59 Å². The lowest BCUT2D eigenvalue weighted by Gasteiger charge is -2.21. The molecule has 1 aliphatic carbocycles. The van der Waals surface area contributed by atoms with Crippen molar-refractivity contribution in [3.05, 3.63) is 23.8 Å². The zero-order chi connectivity index (χ0) is 19.2. The molecule has 0 radical (unpaired) electrons. The van der Waals surface area contributed by atoms with E-state index in [1.54, 1.807) is 25.3 Å². The van der Waals surface area contributed by atoms with Crippen LogP contribution in [0.25, 0.3) is 0 Å². The largest absolute Gasteiger partial charge is 0.495 e. The lowest BCUT2D eigenvalue weighted by molar-refractivity contribution is -0.117. The van der Waals surface area contributed by atoms with Crippen LogP contribution in [0.1, 0.15) is 61.7 Å². The van der Waals surface area contributed by atoms with E-state index in [2.05, 4.69) is 5.32 Å². The fourth-order valence-electron chi connectivity index (χ4n) is 4.15. The van der Waals surface area contributed by atoms with Gasteiger partial charge in [0.05, 0.1) is 12.8 Å². The van der Waals surface area contributed by atoms with Gasteiger partial charge in [-0.1, -0.05) is 19.3 Å². The van der Waals surface area contributed by atoms with Crippen molar-refractivity contribution in [3.63, 3.8) is 0 Å². The van der Waals surface area contributed by atoms with Crippen LogP contribution in [0.5, 0.6) is 5.75 Å². The molecule has 0 bridgehead atoms. The molecule has 2 atom stereocenters. The van der Waals surface area contributed by atoms with Gasteiger partial charge >= 0.3 is 0 Å². The lowest BCUT2D eigenvalue weighted by atomic mass is 10.00. The minimum atomic E-state index is -0.0741. The first-order chi connectivity index (χ1) is 13.1. The van der Waals surface area contributed by atoms with E-state index in [0.717, 1.165) is 45.2 Å². The molecule has 0 unspecified atom stereocenters. The number of anilines is 1.